The van der Waals surface area contributed by atoms with Gasteiger partial charge >= 0.3 is 5.97 Å². The molecule has 1 saturated heterocycles. The maximum atomic E-state index is 11.8. The zero-order valence-corrected chi connectivity index (χ0v) is 10.0. The van der Waals surface area contributed by atoms with Crippen molar-refractivity contribution in [1.29, 1.82) is 0 Å². The molecule has 0 spiro atoms. The summed E-state index contributed by atoms with van der Waals surface area (Å²) in [5.74, 6) is 0.836. The minimum absolute atomic E-state index is 0.0476. The van der Waals surface area contributed by atoms with E-state index in [0.717, 1.165) is 11.5 Å². The Morgan fingerprint density at radius 2 is 2.31 bits per heavy atom. The van der Waals surface area contributed by atoms with Crippen molar-refractivity contribution in [2.45, 2.75) is 25.3 Å². The van der Waals surface area contributed by atoms with Gasteiger partial charge in [0, 0.05) is 24.5 Å². The monoisotopic (exact) mass is 243 g/mol. The van der Waals surface area contributed by atoms with Gasteiger partial charge in [0.15, 0.2) is 0 Å². The Kier molecular flexibility index (Phi) is 5.38. The molecule has 1 aliphatic rings. The van der Waals surface area contributed by atoms with Crippen LogP contribution in [0, 0.1) is 0 Å². The van der Waals surface area contributed by atoms with E-state index in [1.807, 2.05) is 0 Å². The van der Waals surface area contributed by atoms with Crippen molar-refractivity contribution in [3.8, 4) is 0 Å². The van der Waals surface area contributed by atoms with Crippen molar-refractivity contribution in [1.82, 2.24) is 4.90 Å². The van der Waals surface area contributed by atoms with Crippen molar-refractivity contribution in [2.75, 3.05) is 18.1 Å². The molecule has 1 fully saturated rings. The number of amides is 1. The summed E-state index contributed by atoms with van der Waals surface area (Å²) >= 11 is 1.71. The number of allylic oxidation sites excluding steroid dienone is 1. The fourth-order valence-electron chi connectivity index (χ4n) is 1.72. The number of carbonyl (C=O) groups excluding carboxylic acids is 1. The van der Waals surface area contributed by atoms with Crippen LogP contribution in [0.1, 0.15) is 19.3 Å². The third-order valence-corrected chi connectivity index (χ3v) is 3.61. The van der Waals surface area contributed by atoms with Crippen LogP contribution >= 0.6 is 11.8 Å². The van der Waals surface area contributed by atoms with E-state index in [-0.39, 0.29) is 18.4 Å². The van der Waals surface area contributed by atoms with E-state index in [1.54, 1.807) is 22.7 Å². The van der Waals surface area contributed by atoms with E-state index in [2.05, 4.69) is 6.58 Å². The molecule has 0 aromatic carbocycles. The van der Waals surface area contributed by atoms with Gasteiger partial charge in [-0.25, -0.2) is 0 Å². The van der Waals surface area contributed by atoms with Crippen LogP contribution in [-0.2, 0) is 9.59 Å². The van der Waals surface area contributed by atoms with Gasteiger partial charge in [-0.15, -0.1) is 6.58 Å². The highest BCUT2D eigenvalue weighted by molar-refractivity contribution is 7.99. The highest BCUT2D eigenvalue weighted by Gasteiger charge is 2.28. The number of carboxylic acids is 1. The first-order valence-corrected chi connectivity index (χ1v) is 6.50. The number of hydrogen-bond donors (Lipinski definition) is 1. The molecule has 1 aliphatic heterocycles. The average Bonchev–Trinajstić information content (AvgIpc) is 2.26. The van der Waals surface area contributed by atoms with Crippen molar-refractivity contribution in [3.05, 3.63) is 12.7 Å². The van der Waals surface area contributed by atoms with Crippen LogP contribution in [0.3, 0.4) is 0 Å². The van der Waals surface area contributed by atoms with E-state index >= 15 is 0 Å². The highest BCUT2D eigenvalue weighted by atomic mass is 32.2. The lowest BCUT2D eigenvalue weighted by molar-refractivity contribution is -0.140. The second-order valence-electron chi connectivity index (χ2n) is 3.74. The van der Waals surface area contributed by atoms with Crippen molar-refractivity contribution >= 4 is 23.6 Å². The molecule has 0 saturated carbocycles. The molecule has 0 aliphatic carbocycles. The number of thioether (sulfide) groups is 1. The SMILES string of the molecule is C=CCCC(=O)N1CCSCC1CC(=O)O. The molecule has 5 heteroatoms. The quantitative estimate of drug-likeness (QED) is 0.741. The van der Waals surface area contributed by atoms with Gasteiger partial charge in [0.05, 0.1) is 12.5 Å². The van der Waals surface area contributed by atoms with Crippen molar-refractivity contribution in [3.63, 3.8) is 0 Å². The third-order valence-electron chi connectivity index (χ3n) is 2.52. The molecule has 0 bridgehead atoms. The van der Waals surface area contributed by atoms with E-state index in [0.29, 0.717) is 19.4 Å². The molecular weight excluding hydrogens is 226 g/mol. The van der Waals surface area contributed by atoms with Crippen LogP contribution in [-0.4, -0.2) is 46.0 Å². The van der Waals surface area contributed by atoms with Gasteiger partial charge in [-0.05, 0) is 6.42 Å². The summed E-state index contributed by atoms with van der Waals surface area (Å²) in [6.45, 7) is 4.24. The Bertz CT molecular complexity index is 280. The van der Waals surface area contributed by atoms with E-state index in [9.17, 15) is 9.59 Å². The predicted molar refractivity (Wildman–Crippen MR) is 64.5 cm³/mol. The second kappa shape index (κ2) is 6.58. The number of aliphatic carboxylic acids is 1. The zero-order valence-electron chi connectivity index (χ0n) is 9.22. The first-order chi connectivity index (χ1) is 7.65. The number of rotatable bonds is 5. The third kappa shape index (κ3) is 3.89. The summed E-state index contributed by atoms with van der Waals surface area (Å²) in [4.78, 5) is 24.2. The normalized spacial score (nSPS) is 20.5. The molecule has 1 heterocycles. The maximum absolute atomic E-state index is 11.8. The van der Waals surface area contributed by atoms with Gasteiger partial charge in [-0.1, -0.05) is 6.08 Å². The van der Waals surface area contributed by atoms with Gasteiger partial charge in [0.1, 0.15) is 0 Å². The van der Waals surface area contributed by atoms with Crippen molar-refractivity contribution in [2.24, 2.45) is 0 Å². The highest BCUT2D eigenvalue weighted by Crippen LogP contribution is 2.20. The molecule has 90 valence electrons. The molecule has 1 rings (SSSR count). The van der Waals surface area contributed by atoms with Gasteiger partial charge in [0.2, 0.25) is 5.91 Å². The van der Waals surface area contributed by atoms with E-state index in [1.165, 1.54) is 0 Å². The minimum Gasteiger partial charge on any atom is -0.481 e. The van der Waals surface area contributed by atoms with Gasteiger partial charge in [0.25, 0.3) is 0 Å². The molecule has 16 heavy (non-hydrogen) atoms. The largest absolute Gasteiger partial charge is 0.481 e. The van der Waals surface area contributed by atoms with Crippen LogP contribution in [0.15, 0.2) is 12.7 Å². The van der Waals surface area contributed by atoms with Crippen LogP contribution in [0.4, 0.5) is 0 Å². The lowest BCUT2D eigenvalue weighted by Gasteiger charge is -2.34. The Hall–Kier alpha value is -0.970. The first kappa shape index (κ1) is 13.1. The van der Waals surface area contributed by atoms with Crippen LogP contribution in [0.5, 0.6) is 0 Å². The Morgan fingerprint density at radius 1 is 1.56 bits per heavy atom. The van der Waals surface area contributed by atoms with Gasteiger partial charge in [-0.3, -0.25) is 9.59 Å². The molecule has 1 atom stereocenters. The number of carbonyl (C=O) groups is 2. The standard InChI is InChI=1S/C11H17NO3S/c1-2-3-4-10(13)12-5-6-16-8-9(12)7-11(14)15/h2,9H,1,3-8H2,(H,14,15). The number of hydrogen-bond acceptors (Lipinski definition) is 3. The lowest BCUT2D eigenvalue weighted by atomic mass is 10.1. The fraction of sp³-hybridized carbons (Fsp3) is 0.636. The first-order valence-electron chi connectivity index (χ1n) is 5.35. The maximum Gasteiger partial charge on any atom is 0.305 e. The molecule has 0 aromatic rings. The molecular formula is C11H17NO3S. The van der Waals surface area contributed by atoms with Crippen LogP contribution in [0.2, 0.25) is 0 Å². The zero-order chi connectivity index (χ0) is 12.0. The fourth-order valence-corrected chi connectivity index (χ4v) is 2.79. The smallest absolute Gasteiger partial charge is 0.305 e. The molecule has 0 aromatic heterocycles. The predicted octanol–water partition coefficient (Wildman–Crippen LogP) is 1.37. The number of carboxylic acid groups (broad SMARTS) is 1. The molecule has 1 amide bonds. The molecule has 0 radical (unpaired) electrons. The Labute approximate surface area is 99.7 Å². The van der Waals surface area contributed by atoms with Crippen LogP contribution < -0.4 is 0 Å². The summed E-state index contributed by atoms with van der Waals surface area (Å²) < 4.78 is 0. The average molecular weight is 243 g/mol. The van der Waals surface area contributed by atoms with Gasteiger partial charge in [-0.2, -0.15) is 11.8 Å². The molecule has 1 N–H and O–H groups in total. The molecule has 4 nitrogen and oxygen atoms in total. The molecule has 1 unspecified atom stereocenters. The van der Waals surface area contributed by atoms with Crippen LogP contribution in [0.25, 0.3) is 0 Å². The van der Waals surface area contributed by atoms with Crippen molar-refractivity contribution < 1.29 is 14.7 Å². The Balaban J connectivity index is 2.54. The summed E-state index contributed by atoms with van der Waals surface area (Å²) in [6.07, 6.45) is 2.85. The van der Waals surface area contributed by atoms with Gasteiger partial charge < -0.3 is 10.0 Å². The topological polar surface area (TPSA) is 57.6 Å². The summed E-state index contributed by atoms with van der Waals surface area (Å²) in [7, 11) is 0. The second-order valence-corrected chi connectivity index (χ2v) is 4.89. The Morgan fingerprint density at radius 3 is 2.94 bits per heavy atom. The summed E-state index contributed by atoms with van der Waals surface area (Å²) in [5, 5.41) is 8.78. The lowest BCUT2D eigenvalue weighted by Crippen LogP contribution is -2.47. The number of nitrogens with zero attached hydrogens (tertiary/aromatic N) is 1. The van der Waals surface area contributed by atoms with E-state index < -0.39 is 5.97 Å². The van der Waals surface area contributed by atoms with E-state index in [4.69, 9.17) is 5.11 Å². The minimum atomic E-state index is -0.839. The summed E-state index contributed by atoms with van der Waals surface area (Å²) in [6, 6.07) is -0.145. The summed E-state index contributed by atoms with van der Waals surface area (Å²) in [5.41, 5.74) is 0.